The highest BCUT2D eigenvalue weighted by molar-refractivity contribution is 5.35. The topological polar surface area (TPSA) is 49.7 Å². The van der Waals surface area contributed by atoms with Crippen molar-refractivity contribution in [2.24, 2.45) is 5.92 Å². The molecule has 0 spiro atoms. The van der Waals surface area contributed by atoms with Crippen LogP contribution in [0.2, 0.25) is 0 Å². The van der Waals surface area contributed by atoms with E-state index in [1.807, 2.05) is 45.0 Å². The first-order valence-electron chi connectivity index (χ1n) is 7.23. The molecule has 0 aromatic heterocycles. The molecule has 19 heavy (non-hydrogen) atoms. The smallest absolute Gasteiger partial charge is 0.125 e. The van der Waals surface area contributed by atoms with E-state index in [0.29, 0.717) is 17.9 Å². The average molecular weight is 266 g/mol. The Labute approximate surface area is 116 Å². The van der Waals surface area contributed by atoms with E-state index in [-0.39, 0.29) is 5.92 Å². The maximum absolute atomic E-state index is 10.4. The van der Waals surface area contributed by atoms with Crippen molar-refractivity contribution in [3.8, 4) is 5.75 Å². The quantitative estimate of drug-likeness (QED) is 0.759. The fraction of sp³-hybridized carbons (Fsp3) is 0.625. The molecule has 0 radical (unpaired) electrons. The Morgan fingerprint density at radius 3 is 2.26 bits per heavy atom. The van der Waals surface area contributed by atoms with Gasteiger partial charge in [-0.25, -0.2) is 0 Å². The molecule has 0 amide bonds. The lowest BCUT2D eigenvalue weighted by atomic mass is 9.89. The van der Waals surface area contributed by atoms with Crippen LogP contribution in [0, 0.1) is 5.92 Å². The zero-order valence-electron chi connectivity index (χ0n) is 12.2. The first-order valence-corrected chi connectivity index (χ1v) is 7.23. The fourth-order valence-electron chi connectivity index (χ4n) is 2.28. The van der Waals surface area contributed by atoms with Gasteiger partial charge in [0.1, 0.15) is 11.9 Å². The van der Waals surface area contributed by atoms with Crippen molar-refractivity contribution < 1.29 is 14.9 Å². The Bertz CT molecular complexity index is 361. The summed E-state index contributed by atoms with van der Waals surface area (Å²) in [5.74, 6) is 0.774. The van der Waals surface area contributed by atoms with Crippen LogP contribution >= 0.6 is 0 Å². The van der Waals surface area contributed by atoms with Crippen LogP contribution in [0.5, 0.6) is 5.75 Å². The van der Waals surface area contributed by atoms with Crippen molar-refractivity contribution in [1.29, 1.82) is 0 Å². The minimum atomic E-state index is -0.891. The summed E-state index contributed by atoms with van der Waals surface area (Å²) >= 11 is 0. The number of benzene rings is 1. The largest absolute Gasteiger partial charge is 0.493 e. The van der Waals surface area contributed by atoms with Gasteiger partial charge >= 0.3 is 0 Å². The zero-order valence-corrected chi connectivity index (χ0v) is 12.2. The number of para-hydroxylation sites is 1. The lowest BCUT2D eigenvalue weighted by Crippen LogP contribution is -2.27. The van der Waals surface area contributed by atoms with E-state index in [9.17, 15) is 10.2 Å². The molecule has 0 aliphatic heterocycles. The number of hydrogen-bond acceptors (Lipinski definition) is 3. The van der Waals surface area contributed by atoms with Crippen molar-refractivity contribution >= 4 is 0 Å². The van der Waals surface area contributed by atoms with Gasteiger partial charge in [0.15, 0.2) is 0 Å². The minimum Gasteiger partial charge on any atom is -0.493 e. The summed E-state index contributed by atoms with van der Waals surface area (Å²) in [4.78, 5) is 0. The Balaban J connectivity index is 2.88. The summed E-state index contributed by atoms with van der Waals surface area (Å²) in [6, 6.07) is 7.40. The summed E-state index contributed by atoms with van der Waals surface area (Å²) in [5.41, 5.74) is 0.676. The Hall–Kier alpha value is -1.06. The van der Waals surface area contributed by atoms with Crippen molar-refractivity contribution in [2.75, 3.05) is 6.61 Å². The molecule has 0 aliphatic rings. The third-order valence-corrected chi connectivity index (χ3v) is 3.55. The fourth-order valence-corrected chi connectivity index (χ4v) is 2.28. The van der Waals surface area contributed by atoms with E-state index < -0.39 is 12.2 Å². The third kappa shape index (κ3) is 4.22. The van der Waals surface area contributed by atoms with Gasteiger partial charge in [0.2, 0.25) is 0 Å². The SMILES string of the molecule is CCCOc1ccccc1C(O)C(O)C(CC)CC. The molecule has 1 rings (SSSR count). The van der Waals surface area contributed by atoms with Crippen LogP contribution in [0.1, 0.15) is 51.7 Å². The van der Waals surface area contributed by atoms with Crippen molar-refractivity contribution in [3.05, 3.63) is 29.8 Å². The third-order valence-electron chi connectivity index (χ3n) is 3.55. The summed E-state index contributed by atoms with van der Waals surface area (Å²) in [6.07, 6.45) is 0.984. The van der Waals surface area contributed by atoms with Gasteiger partial charge < -0.3 is 14.9 Å². The molecule has 1 aromatic rings. The Morgan fingerprint density at radius 2 is 1.68 bits per heavy atom. The molecule has 0 aliphatic carbocycles. The molecule has 2 N–H and O–H groups in total. The van der Waals surface area contributed by atoms with Gasteiger partial charge in [0.05, 0.1) is 12.7 Å². The van der Waals surface area contributed by atoms with Gasteiger partial charge in [0, 0.05) is 5.56 Å². The van der Waals surface area contributed by atoms with Crippen LogP contribution in [-0.4, -0.2) is 22.9 Å². The van der Waals surface area contributed by atoms with Crippen molar-refractivity contribution in [2.45, 2.75) is 52.2 Å². The van der Waals surface area contributed by atoms with Crippen LogP contribution in [0.4, 0.5) is 0 Å². The summed E-state index contributed by atoms with van der Waals surface area (Å²) in [6.45, 7) is 6.72. The molecule has 0 saturated carbocycles. The van der Waals surface area contributed by atoms with E-state index >= 15 is 0 Å². The number of rotatable bonds is 8. The first kappa shape index (κ1) is 16.0. The molecule has 2 atom stereocenters. The number of aliphatic hydroxyl groups excluding tert-OH is 2. The Morgan fingerprint density at radius 1 is 1.05 bits per heavy atom. The maximum atomic E-state index is 10.4. The van der Waals surface area contributed by atoms with Crippen LogP contribution in [0.15, 0.2) is 24.3 Å². The maximum Gasteiger partial charge on any atom is 0.125 e. The molecule has 0 bridgehead atoms. The molecular weight excluding hydrogens is 240 g/mol. The lowest BCUT2D eigenvalue weighted by molar-refractivity contribution is -0.0221. The highest BCUT2D eigenvalue weighted by atomic mass is 16.5. The van der Waals surface area contributed by atoms with Gasteiger partial charge in [0.25, 0.3) is 0 Å². The highest BCUT2D eigenvalue weighted by Gasteiger charge is 2.27. The average Bonchev–Trinajstić information content (AvgIpc) is 2.45. The Kier molecular flexibility index (Phi) is 6.89. The number of aliphatic hydroxyl groups is 2. The predicted molar refractivity (Wildman–Crippen MR) is 77.3 cm³/mol. The van der Waals surface area contributed by atoms with Crippen LogP contribution in [0.3, 0.4) is 0 Å². The van der Waals surface area contributed by atoms with E-state index in [4.69, 9.17) is 4.74 Å². The molecule has 1 aromatic carbocycles. The first-order chi connectivity index (χ1) is 9.15. The van der Waals surface area contributed by atoms with E-state index in [1.165, 1.54) is 0 Å². The van der Waals surface area contributed by atoms with E-state index in [0.717, 1.165) is 19.3 Å². The second kappa shape index (κ2) is 8.18. The second-order valence-corrected chi connectivity index (χ2v) is 4.90. The monoisotopic (exact) mass is 266 g/mol. The number of hydrogen-bond donors (Lipinski definition) is 2. The van der Waals surface area contributed by atoms with Gasteiger partial charge in [-0.3, -0.25) is 0 Å². The molecule has 0 saturated heterocycles. The standard InChI is InChI=1S/C16H26O3/c1-4-11-19-14-10-8-7-9-13(14)16(18)15(17)12(5-2)6-3/h7-10,12,15-18H,4-6,11H2,1-3H3. The predicted octanol–water partition coefficient (Wildman–Crippen LogP) is 3.31. The zero-order chi connectivity index (χ0) is 14.3. The van der Waals surface area contributed by atoms with Gasteiger partial charge in [-0.1, -0.05) is 51.8 Å². The molecule has 108 valence electrons. The van der Waals surface area contributed by atoms with Crippen LogP contribution in [-0.2, 0) is 0 Å². The van der Waals surface area contributed by atoms with Crippen molar-refractivity contribution in [3.63, 3.8) is 0 Å². The summed E-state index contributed by atoms with van der Waals surface area (Å²) in [5, 5.41) is 20.6. The van der Waals surface area contributed by atoms with Gasteiger partial charge in [-0.05, 0) is 18.4 Å². The molecular formula is C16H26O3. The molecule has 3 nitrogen and oxygen atoms in total. The molecule has 3 heteroatoms. The normalized spacial score (nSPS) is 14.4. The van der Waals surface area contributed by atoms with Gasteiger partial charge in [-0.2, -0.15) is 0 Å². The summed E-state index contributed by atoms with van der Waals surface area (Å²) in [7, 11) is 0. The molecule has 0 fully saturated rings. The highest BCUT2D eigenvalue weighted by Crippen LogP contribution is 2.31. The van der Waals surface area contributed by atoms with Gasteiger partial charge in [-0.15, -0.1) is 0 Å². The lowest BCUT2D eigenvalue weighted by Gasteiger charge is -2.26. The summed E-state index contributed by atoms with van der Waals surface area (Å²) < 4.78 is 5.63. The molecule has 0 heterocycles. The van der Waals surface area contributed by atoms with E-state index in [1.54, 1.807) is 0 Å². The second-order valence-electron chi connectivity index (χ2n) is 4.90. The minimum absolute atomic E-state index is 0.106. The van der Waals surface area contributed by atoms with Crippen LogP contribution < -0.4 is 4.74 Å². The molecule has 2 unspecified atom stereocenters. The van der Waals surface area contributed by atoms with E-state index in [2.05, 4.69) is 0 Å². The number of ether oxygens (including phenoxy) is 1. The van der Waals surface area contributed by atoms with Crippen molar-refractivity contribution in [1.82, 2.24) is 0 Å². The van der Waals surface area contributed by atoms with Crippen LogP contribution in [0.25, 0.3) is 0 Å².